The van der Waals surface area contributed by atoms with E-state index in [-0.39, 0.29) is 0 Å². The summed E-state index contributed by atoms with van der Waals surface area (Å²) in [7, 11) is 1.62. The van der Waals surface area contributed by atoms with Crippen molar-refractivity contribution in [3.63, 3.8) is 0 Å². The van der Waals surface area contributed by atoms with E-state index in [0.29, 0.717) is 37.6 Å². The van der Waals surface area contributed by atoms with Gasteiger partial charge in [0.25, 0.3) is 0 Å². The zero-order valence-electron chi connectivity index (χ0n) is 11.9. The number of methoxy groups -OCH3 is 1. The molecular weight excluding hydrogens is 264 g/mol. The Labute approximate surface area is 118 Å². The summed E-state index contributed by atoms with van der Waals surface area (Å²) < 4.78 is 31.0. The first kappa shape index (κ1) is 16.4. The van der Waals surface area contributed by atoms with Gasteiger partial charge in [0, 0.05) is 26.3 Å². The standard InChI is InChI=1S/C14H21F2N3O/c1-3-17-14(19-6-7-20-2)18-5-4-11-8-12(15)10-13(16)9-11/h8-10H,3-7H2,1-2H3,(H2,17,18,19). The number of hydrogen-bond acceptors (Lipinski definition) is 2. The molecule has 0 bridgehead atoms. The van der Waals surface area contributed by atoms with E-state index in [1.807, 2.05) is 6.92 Å². The van der Waals surface area contributed by atoms with E-state index in [9.17, 15) is 8.78 Å². The summed E-state index contributed by atoms with van der Waals surface area (Å²) in [6, 6.07) is 3.53. The number of rotatable bonds is 7. The molecule has 0 aromatic heterocycles. The molecule has 6 heteroatoms. The van der Waals surface area contributed by atoms with Crippen LogP contribution in [0.1, 0.15) is 12.5 Å². The van der Waals surface area contributed by atoms with E-state index in [2.05, 4.69) is 15.6 Å². The molecule has 112 valence electrons. The van der Waals surface area contributed by atoms with Crippen LogP contribution in [0.2, 0.25) is 0 Å². The number of nitrogens with one attached hydrogen (secondary N) is 2. The molecule has 0 atom stereocenters. The molecule has 2 N–H and O–H groups in total. The number of benzene rings is 1. The fourth-order valence-electron chi connectivity index (χ4n) is 1.67. The lowest BCUT2D eigenvalue weighted by molar-refractivity contribution is 0.208. The fraction of sp³-hybridized carbons (Fsp3) is 0.500. The van der Waals surface area contributed by atoms with Crippen molar-refractivity contribution >= 4 is 5.96 Å². The van der Waals surface area contributed by atoms with Gasteiger partial charge in [0.1, 0.15) is 11.6 Å². The molecule has 20 heavy (non-hydrogen) atoms. The minimum Gasteiger partial charge on any atom is -0.383 e. The van der Waals surface area contributed by atoms with Gasteiger partial charge in [-0.25, -0.2) is 8.78 Å². The molecule has 0 spiro atoms. The summed E-state index contributed by atoms with van der Waals surface area (Å²) in [5.41, 5.74) is 0.614. The summed E-state index contributed by atoms with van der Waals surface area (Å²) in [5, 5.41) is 6.19. The number of ether oxygens (including phenoxy) is 1. The molecule has 0 heterocycles. The third-order valence-corrected chi connectivity index (χ3v) is 2.54. The highest BCUT2D eigenvalue weighted by molar-refractivity contribution is 5.79. The monoisotopic (exact) mass is 285 g/mol. The third-order valence-electron chi connectivity index (χ3n) is 2.54. The summed E-state index contributed by atoms with van der Waals surface area (Å²) in [4.78, 5) is 4.29. The minimum atomic E-state index is -0.555. The van der Waals surface area contributed by atoms with Crippen molar-refractivity contribution in [2.75, 3.05) is 33.4 Å². The molecule has 4 nitrogen and oxygen atoms in total. The maximum absolute atomic E-state index is 13.0. The van der Waals surface area contributed by atoms with Gasteiger partial charge in [0.2, 0.25) is 0 Å². The number of aliphatic imine (C=N–C) groups is 1. The summed E-state index contributed by atoms with van der Waals surface area (Å²) in [5.74, 6) is -0.442. The number of nitrogens with zero attached hydrogens (tertiary/aromatic N) is 1. The lowest BCUT2D eigenvalue weighted by atomic mass is 10.1. The Kier molecular flexibility index (Phi) is 7.57. The Morgan fingerprint density at radius 2 is 1.90 bits per heavy atom. The molecule has 0 aliphatic rings. The Morgan fingerprint density at radius 1 is 1.20 bits per heavy atom. The van der Waals surface area contributed by atoms with Crippen molar-refractivity contribution in [1.82, 2.24) is 10.6 Å². The second-order valence-electron chi connectivity index (χ2n) is 4.21. The molecule has 1 aromatic carbocycles. The Morgan fingerprint density at radius 3 is 2.50 bits per heavy atom. The molecule has 0 unspecified atom stereocenters. The number of guanidine groups is 1. The molecule has 0 aliphatic heterocycles. The van der Waals surface area contributed by atoms with Crippen molar-refractivity contribution in [2.45, 2.75) is 13.3 Å². The smallest absolute Gasteiger partial charge is 0.191 e. The van der Waals surface area contributed by atoms with E-state index in [1.54, 1.807) is 7.11 Å². The first-order chi connectivity index (χ1) is 9.65. The predicted octanol–water partition coefficient (Wildman–Crippen LogP) is 1.71. The largest absolute Gasteiger partial charge is 0.383 e. The van der Waals surface area contributed by atoms with Gasteiger partial charge in [-0.2, -0.15) is 0 Å². The van der Waals surface area contributed by atoms with Crippen LogP contribution in [-0.2, 0) is 11.2 Å². The maximum atomic E-state index is 13.0. The quantitative estimate of drug-likeness (QED) is 0.455. The molecule has 0 saturated heterocycles. The zero-order valence-corrected chi connectivity index (χ0v) is 11.9. The fourth-order valence-corrected chi connectivity index (χ4v) is 1.67. The van der Waals surface area contributed by atoms with Crippen LogP contribution in [0.4, 0.5) is 8.78 Å². The summed E-state index contributed by atoms with van der Waals surface area (Å²) >= 11 is 0. The molecule has 0 radical (unpaired) electrons. The highest BCUT2D eigenvalue weighted by atomic mass is 19.1. The Hall–Kier alpha value is -1.69. The van der Waals surface area contributed by atoms with Gasteiger partial charge in [-0.1, -0.05) is 0 Å². The first-order valence-corrected chi connectivity index (χ1v) is 6.61. The second kappa shape index (κ2) is 9.25. The molecule has 0 fully saturated rings. The van der Waals surface area contributed by atoms with Crippen molar-refractivity contribution in [2.24, 2.45) is 4.99 Å². The number of hydrogen-bond donors (Lipinski definition) is 2. The van der Waals surface area contributed by atoms with Gasteiger partial charge in [0.05, 0.1) is 13.2 Å². The van der Waals surface area contributed by atoms with Crippen LogP contribution in [0.25, 0.3) is 0 Å². The van der Waals surface area contributed by atoms with Crippen LogP contribution in [0.5, 0.6) is 0 Å². The van der Waals surface area contributed by atoms with Crippen molar-refractivity contribution in [1.29, 1.82) is 0 Å². The average Bonchev–Trinajstić information content (AvgIpc) is 2.38. The predicted molar refractivity (Wildman–Crippen MR) is 75.9 cm³/mol. The van der Waals surface area contributed by atoms with E-state index in [0.717, 1.165) is 12.6 Å². The molecule has 1 aromatic rings. The van der Waals surface area contributed by atoms with Crippen LogP contribution in [0, 0.1) is 11.6 Å². The van der Waals surface area contributed by atoms with Crippen LogP contribution in [-0.4, -0.2) is 39.3 Å². The summed E-state index contributed by atoms with van der Waals surface area (Å²) in [6.07, 6.45) is 0.517. The zero-order chi connectivity index (χ0) is 14.8. The van der Waals surface area contributed by atoms with Gasteiger partial charge >= 0.3 is 0 Å². The van der Waals surface area contributed by atoms with Gasteiger partial charge < -0.3 is 15.4 Å². The van der Waals surface area contributed by atoms with Crippen molar-refractivity contribution < 1.29 is 13.5 Å². The van der Waals surface area contributed by atoms with E-state index in [1.165, 1.54) is 12.1 Å². The van der Waals surface area contributed by atoms with Crippen molar-refractivity contribution in [3.05, 3.63) is 35.4 Å². The maximum Gasteiger partial charge on any atom is 0.191 e. The highest BCUT2D eigenvalue weighted by Crippen LogP contribution is 2.07. The van der Waals surface area contributed by atoms with Crippen LogP contribution < -0.4 is 10.6 Å². The van der Waals surface area contributed by atoms with Gasteiger partial charge in [-0.3, -0.25) is 4.99 Å². The SMILES string of the molecule is CCNC(=NCCOC)NCCc1cc(F)cc(F)c1. The van der Waals surface area contributed by atoms with Gasteiger partial charge in [0.15, 0.2) is 5.96 Å². The normalized spacial score (nSPS) is 11.5. The minimum absolute atomic E-state index is 0.517. The Bertz CT molecular complexity index is 418. The first-order valence-electron chi connectivity index (χ1n) is 6.61. The van der Waals surface area contributed by atoms with E-state index < -0.39 is 11.6 Å². The van der Waals surface area contributed by atoms with Crippen molar-refractivity contribution in [3.8, 4) is 0 Å². The molecule has 0 aliphatic carbocycles. The highest BCUT2D eigenvalue weighted by Gasteiger charge is 2.01. The third kappa shape index (κ3) is 6.47. The summed E-state index contributed by atoms with van der Waals surface area (Å²) in [6.45, 7) is 4.36. The Balaban J connectivity index is 2.44. The van der Waals surface area contributed by atoms with Gasteiger partial charge in [-0.15, -0.1) is 0 Å². The molecular formula is C14H21F2N3O. The lowest BCUT2D eigenvalue weighted by Crippen LogP contribution is -2.38. The molecule has 0 amide bonds. The molecule has 0 saturated carbocycles. The second-order valence-corrected chi connectivity index (χ2v) is 4.21. The average molecular weight is 285 g/mol. The van der Waals surface area contributed by atoms with Crippen LogP contribution in [0.3, 0.4) is 0 Å². The number of halogens is 2. The topological polar surface area (TPSA) is 45.7 Å². The molecule has 1 rings (SSSR count). The lowest BCUT2D eigenvalue weighted by Gasteiger charge is -2.11. The van der Waals surface area contributed by atoms with E-state index >= 15 is 0 Å². The van der Waals surface area contributed by atoms with Crippen LogP contribution in [0.15, 0.2) is 23.2 Å². The van der Waals surface area contributed by atoms with E-state index in [4.69, 9.17) is 4.74 Å². The van der Waals surface area contributed by atoms with Gasteiger partial charge in [-0.05, 0) is 31.0 Å². The van der Waals surface area contributed by atoms with Crippen LogP contribution >= 0.6 is 0 Å².